The van der Waals surface area contributed by atoms with Gasteiger partial charge in [0.05, 0.1) is 5.38 Å². The first-order valence-electron chi connectivity index (χ1n) is 6.96. The van der Waals surface area contributed by atoms with Crippen molar-refractivity contribution < 1.29 is 4.79 Å². The van der Waals surface area contributed by atoms with Crippen LogP contribution in [0.1, 0.15) is 38.8 Å². The Hall–Kier alpha value is -1.07. The largest absolute Gasteiger partial charge is 0.352 e. The SMILES string of the molecule is O=C1NCCCc2ccc(C(Cl)c3ccc(I)cc3)cc21. The molecule has 0 spiro atoms. The molecule has 0 saturated carbocycles. The number of hydrogen-bond donors (Lipinski definition) is 1. The van der Waals surface area contributed by atoms with Gasteiger partial charge in [0.1, 0.15) is 0 Å². The Morgan fingerprint density at radius 1 is 1.10 bits per heavy atom. The van der Waals surface area contributed by atoms with Crippen molar-refractivity contribution in [3.8, 4) is 0 Å². The summed E-state index contributed by atoms with van der Waals surface area (Å²) in [5, 5.41) is 2.70. The smallest absolute Gasteiger partial charge is 0.251 e. The summed E-state index contributed by atoms with van der Waals surface area (Å²) in [6.45, 7) is 0.740. The number of benzene rings is 2. The maximum atomic E-state index is 12.1. The van der Waals surface area contributed by atoms with E-state index in [0.717, 1.165) is 41.6 Å². The van der Waals surface area contributed by atoms with Crippen molar-refractivity contribution in [2.45, 2.75) is 18.2 Å². The van der Waals surface area contributed by atoms with Gasteiger partial charge in [-0.15, -0.1) is 11.6 Å². The molecule has 1 aliphatic heterocycles. The number of carbonyl (C=O) groups is 1. The van der Waals surface area contributed by atoms with Crippen molar-refractivity contribution in [2.24, 2.45) is 0 Å². The number of amides is 1. The van der Waals surface area contributed by atoms with Gasteiger partial charge >= 0.3 is 0 Å². The van der Waals surface area contributed by atoms with E-state index in [4.69, 9.17) is 11.6 Å². The Labute approximate surface area is 143 Å². The monoisotopic (exact) mass is 411 g/mol. The zero-order valence-corrected chi connectivity index (χ0v) is 14.3. The van der Waals surface area contributed by atoms with Crippen LogP contribution in [0.25, 0.3) is 0 Å². The molecule has 3 rings (SSSR count). The van der Waals surface area contributed by atoms with Crippen LogP contribution in [0.15, 0.2) is 42.5 Å². The number of aryl methyl sites for hydroxylation is 1. The summed E-state index contributed by atoms with van der Waals surface area (Å²) in [5.41, 5.74) is 3.89. The van der Waals surface area contributed by atoms with Crippen LogP contribution < -0.4 is 5.32 Å². The number of hydrogen-bond acceptors (Lipinski definition) is 1. The van der Waals surface area contributed by atoms with Gasteiger partial charge in [-0.2, -0.15) is 0 Å². The zero-order chi connectivity index (χ0) is 14.8. The summed E-state index contributed by atoms with van der Waals surface area (Å²) >= 11 is 8.85. The minimum absolute atomic E-state index is 0.0100. The quantitative estimate of drug-likeness (QED) is 0.579. The molecule has 0 saturated heterocycles. The van der Waals surface area contributed by atoms with E-state index < -0.39 is 0 Å². The third-order valence-corrected chi connectivity index (χ3v) is 4.97. The molecule has 0 fully saturated rings. The van der Waals surface area contributed by atoms with E-state index in [-0.39, 0.29) is 11.3 Å². The van der Waals surface area contributed by atoms with Gasteiger partial charge in [-0.1, -0.05) is 24.3 Å². The Kier molecular flexibility index (Phi) is 4.50. The first kappa shape index (κ1) is 14.9. The normalized spacial score (nSPS) is 15.8. The molecule has 0 aliphatic carbocycles. The molecule has 0 radical (unpaired) electrons. The van der Waals surface area contributed by atoms with E-state index in [9.17, 15) is 4.79 Å². The summed E-state index contributed by atoms with van der Waals surface area (Å²) in [6.07, 6.45) is 1.92. The highest BCUT2D eigenvalue weighted by Crippen LogP contribution is 2.31. The molecule has 1 aliphatic rings. The Morgan fingerprint density at radius 3 is 2.57 bits per heavy atom. The zero-order valence-electron chi connectivity index (χ0n) is 11.4. The fraction of sp³-hybridized carbons (Fsp3) is 0.235. The van der Waals surface area contributed by atoms with Gasteiger partial charge in [-0.3, -0.25) is 4.79 Å². The first-order valence-corrected chi connectivity index (χ1v) is 8.47. The first-order chi connectivity index (χ1) is 10.1. The van der Waals surface area contributed by atoms with Crippen molar-refractivity contribution in [2.75, 3.05) is 6.54 Å². The topological polar surface area (TPSA) is 29.1 Å². The third-order valence-electron chi connectivity index (χ3n) is 3.74. The van der Waals surface area contributed by atoms with Gasteiger partial charge < -0.3 is 5.32 Å². The highest BCUT2D eigenvalue weighted by molar-refractivity contribution is 14.1. The molecule has 1 unspecified atom stereocenters. The van der Waals surface area contributed by atoms with Gasteiger partial charge in [-0.25, -0.2) is 0 Å². The molecule has 2 aromatic rings. The third kappa shape index (κ3) is 3.24. The standard InChI is InChI=1S/C17H15ClINO/c18-16(12-5-7-14(19)8-6-12)13-4-3-11-2-1-9-20-17(21)15(11)10-13/h3-8,10,16H,1-2,9H2,(H,20,21). The molecule has 1 N–H and O–H groups in total. The second-order valence-electron chi connectivity index (χ2n) is 5.19. The van der Waals surface area contributed by atoms with E-state index in [1.807, 2.05) is 42.5 Å². The van der Waals surface area contributed by atoms with Crippen LogP contribution in [0.3, 0.4) is 0 Å². The van der Waals surface area contributed by atoms with Gasteiger partial charge in [0.15, 0.2) is 0 Å². The molecule has 108 valence electrons. The lowest BCUT2D eigenvalue weighted by molar-refractivity contribution is 0.0956. The number of rotatable bonds is 2. The van der Waals surface area contributed by atoms with E-state index >= 15 is 0 Å². The van der Waals surface area contributed by atoms with Crippen LogP contribution in [0.4, 0.5) is 0 Å². The van der Waals surface area contributed by atoms with Gasteiger partial charge in [0.2, 0.25) is 0 Å². The second kappa shape index (κ2) is 6.36. The van der Waals surface area contributed by atoms with Gasteiger partial charge in [0, 0.05) is 15.7 Å². The lowest BCUT2D eigenvalue weighted by Gasteiger charge is -2.13. The summed E-state index contributed by atoms with van der Waals surface area (Å²) in [6, 6.07) is 14.2. The number of nitrogens with one attached hydrogen (secondary N) is 1. The van der Waals surface area contributed by atoms with E-state index in [1.54, 1.807) is 0 Å². The molecular formula is C17H15ClINO. The molecule has 4 heteroatoms. The Balaban J connectivity index is 1.96. The lowest BCUT2D eigenvalue weighted by atomic mass is 9.97. The molecule has 2 nitrogen and oxygen atoms in total. The van der Waals surface area contributed by atoms with Gasteiger partial charge in [-0.05, 0) is 70.3 Å². The highest BCUT2D eigenvalue weighted by Gasteiger charge is 2.18. The van der Waals surface area contributed by atoms with Crippen molar-refractivity contribution >= 4 is 40.1 Å². The molecule has 2 aromatic carbocycles. The highest BCUT2D eigenvalue weighted by atomic mass is 127. The summed E-state index contributed by atoms with van der Waals surface area (Å²) in [4.78, 5) is 12.1. The van der Waals surface area contributed by atoms with Crippen LogP contribution in [0, 0.1) is 3.57 Å². The average molecular weight is 412 g/mol. The lowest BCUT2D eigenvalue weighted by Crippen LogP contribution is -2.22. The molecule has 1 heterocycles. The summed E-state index contributed by atoms with van der Waals surface area (Å²) in [5.74, 6) is 0.0100. The molecule has 1 amide bonds. The van der Waals surface area contributed by atoms with E-state index in [2.05, 4.69) is 27.9 Å². The average Bonchev–Trinajstić information content (AvgIpc) is 2.69. The van der Waals surface area contributed by atoms with E-state index in [1.165, 1.54) is 3.57 Å². The molecular weight excluding hydrogens is 397 g/mol. The second-order valence-corrected chi connectivity index (χ2v) is 6.87. The van der Waals surface area contributed by atoms with E-state index in [0.29, 0.717) is 0 Å². The Morgan fingerprint density at radius 2 is 1.81 bits per heavy atom. The molecule has 0 bridgehead atoms. The van der Waals surface area contributed by atoms with Gasteiger partial charge in [0.25, 0.3) is 5.91 Å². The summed E-state index contributed by atoms with van der Waals surface area (Å²) in [7, 11) is 0. The van der Waals surface area contributed by atoms with Crippen LogP contribution >= 0.6 is 34.2 Å². The van der Waals surface area contributed by atoms with Crippen LogP contribution in [-0.4, -0.2) is 12.5 Å². The maximum Gasteiger partial charge on any atom is 0.251 e. The minimum atomic E-state index is -0.233. The number of carbonyl (C=O) groups excluding carboxylic acids is 1. The summed E-state index contributed by atoms with van der Waals surface area (Å²) < 4.78 is 1.18. The fourth-order valence-electron chi connectivity index (χ4n) is 2.58. The minimum Gasteiger partial charge on any atom is -0.352 e. The number of halogens is 2. The molecule has 0 aromatic heterocycles. The Bertz CT molecular complexity index is 669. The van der Waals surface area contributed by atoms with Crippen molar-refractivity contribution in [1.29, 1.82) is 0 Å². The fourth-order valence-corrected chi connectivity index (χ4v) is 3.22. The van der Waals surface area contributed by atoms with Crippen molar-refractivity contribution in [1.82, 2.24) is 5.32 Å². The molecule has 1 atom stereocenters. The van der Waals surface area contributed by atoms with Crippen LogP contribution in [-0.2, 0) is 6.42 Å². The van der Waals surface area contributed by atoms with Crippen molar-refractivity contribution in [3.05, 3.63) is 68.3 Å². The van der Waals surface area contributed by atoms with Crippen LogP contribution in [0.2, 0.25) is 0 Å². The maximum absolute atomic E-state index is 12.1. The predicted molar refractivity (Wildman–Crippen MR) is 94.0 cm³/mol. The van der Waals surface area contributed by atoms with Crippen molar-refractivity contribution in [3.63, 3.8) is 0 Å². The number of fused-ring (bicyclic) bond motifs is 1. The predicted octanol–water partition coefficient (Wildman–Crippen LogP) is 4.30. The van der Waals surface area contributed by atoms with Crippen LogP contribution in [0.5, 0.6) is 0 Å². The molecule has 21 heavy (non-hydrogen) atoms. The number of alkyl halides is 1.